The highest BCUT2D eigenvalue weighted by atomic mass is 16.5. The van der Waals surface area contributed by atoms with Gasteiger partial charge in [-0.3, -0.25) is 4.90 Å². The van der Waals surface area contributed by atoms with Crippen molar-refractivity contribution in [3.05, 3.63) is 48.5 Å². The van der Waals surface area contributed by atoms with E-state index in [1.54, 1.807) is 0 Å². The zero-order valence-corrected chi connectivity index (χ0v) is 15.4. The number of hydrogen-bond acceptors (Lipinski definition) is 6. The van der Waals surface area contributed by atoms with Gasteiger partial charge in [0, 0.05) is 26.2 Å². The fourth-order valence-corrected chi connectivity index (χ4v) is 2.47. The lowest BCUT2D eigenvalue weighted by Crippen LogP contribution is -2.35. The molecule has 0 aliphatic carbocycles. The Kier molecular flexibility index (Phi) is 8.59. The lowest BCUT2D eigenvalue weighted by Gasteiger charge is -2.22. The van der Waals surface area contributed by atoms with Crippen molar-refractivity contribution in [2.75, 3.05) is 57.5 Å². The molecule has 2 rings (SSSR count). The Morgan fingerprint density at radius 3 is 1.65 bits per heavy atom. The molecule has 0 unspecified atom stereocenters. The van der Waals surface area contributed by atoms with Crippen molar-refractivity contribution in [2.45, 2.75) is 6.92 Å². The number of nitrogens with zero attached hydrogens (tertiary/aromatic N) is 1. The largest absolute Gasteiger partial charge is 0.490 e. The van der Waals surface area contributed by atoms with Crippen LogP contribution in [-0.2, 0) is 4.74 Å². The lowest BCUT2D eigenvalue weighted by atomic mass is 10.3. The molecule has 26 heavy (non-hydrogen) atoms. The van der Waals surface area contributed by atoms with Crippen LogP contribution in [0.25, 0.3) is 0 Å². The van der Waals surface area contributed by atoms with E-state index in [1.807, 2.05) is 55.5 Å². The molecule has 0 aliphatic heterocycles. The first kappa shape index (κ1) is 19.9. The van der Waals surface area contributed by atoms with Crippen LogP contribution in [0.4, 0.5) is 11.4 Å². The molecular formula is C20H29N3O3. The Morgan fingerprint density at radius 2 is 1.19 bits per heavy atom. The summed E-state index contributed by atoms with van der Waals surface area (Å²) >= 11 is 0. The third kappa shape index (κ3) is 6.82. The summed E-state index contributed by atoms with van der Waals surface area (Å²) < 4.78 is 17.0. The summed E-state index contributed by atoms with van der Waals surface area (Å²) in [7, 11) is 0. The van der Waals surface area contributed by atoms with Crippen LogP contribution < -0.4 is 20.9 Å². The molecule has 2 aromatic carbocycles. The van der Waals surface area contributed by atoms with Gasteiger partial charge in [0.05, 0.1) is 18.0 Å². The minimum atomic E-state index is 0.549. The minimum Gasteiger partial charge on any atom is -0.490 e. The first-order valence-corrected chi connectivity index (χ1v) is 8.95. The van der Waals surface area contributed by atoms with Gasteiger partial charge < -0.3 is 25.7 Å². The Bertz CT molecular complexity index is 600. The SMILES string of the molecule is CCOCCN(CCOc1ccccc1N)CCOc1ccccc1N. The maximum absolute atomic E-state index is 5.90. The van der Waals surface area contributed by atoms with Crippen molar-refractivity contribution in [1.82, 2.24) is 4.90 Å². The Morgan fingerprint density at radius 1 is 0.731 bits per heavy atom. The normalized spacial score (nSPS) is 10.8. The van der Waals surface area contributed by atoms with Crippen molar-refractivity contribution in [2.24, 2.45) is 0 Å². The number of ether oxygens (including phenoxy) is 3. The summed E-state index contributed by atoms with van der Waals surface area (Å²) in [4.78, 5) is 2.24. The van der Waals surface area contributed by atoms with Gasteiger partial charge in [-0.05, 0) is 31.2 Å². The summed E-state index contributed by atoms with van der Waals surface area (Å²) in [5.74, 6) is 1.43. The van der Waals surface area contributed by atoms with Gasteiger partial charge in [-0.1, -0.05) is 24.3 Å². The van der Waals surface area contributed by atoms with E-state index in [4.69, 9.17) is 25.7 Å². The molecule has 2 aromatic rings. The first-order chi connectivity index (χ1) is 12.7. The molecule has 0 saturated carbocycles. The smallest absolute Gasteiger partial charge is 0.142 e. The summed E-state index contributed by atoms with van der Waals surface area (Å²) in [5.41, 5.74) is 13.1. The maximum Gasteiger partial charge on any atom is 0.142 e. The zero-order chi connectivity index (χ0) is 18.6. The molecule has 0 radical (unpaired) electrons. The molecule has 6 heteroatoms. The van der Waals surface area contributed by atoms with Gasteiger partial charge in [-0.2, -0.15) is 0 Å². The highest BCUT2D eigenvalue weighted by Gasteiger charge is 2.07. The molecule has 4 N–H and O–H groups in total. The zero-order valence-electron chi connectivity index (χ0n) is 15.4. The first-order valence-electron chi connectivity index (χ1n) is 8.95. The van der Waals surface area contributed by atoms with Crippen molar-refractivity contribution in [3.63, 3.8) is 0 Å². The van der Waals surface area contributed by atoms with Crippen molar-refractivity contribution >= 4 is 11.4 Å². The number of benzene rings is 2. The highest BCUT2D eigenvalue weighted by molar-refractivity contribution is 5.52. The number of anilines is 2. The van der Waals surface area contributed by atoms with E-state index in [9.17, 15) is 0 Å². The van der Waals surface area contributed by atoms with Gasteiger partial charge >= 0.3 is 0 Å². The molecule has 142 valence electrons. The van der Waals surface area contributed by atoms with E-state index in [0.717, 1.165) is 19.6 Å². The molecule has 0 amide bonds. The Balaban J connectivity index is 1.78. The average molecular weight is 359 g/mol. The monoisotopic (exact) mass is 359 g/mol. The second kappa shape index (κ2) is 11.2. The van der Waals surface area contributed by atoms with Gasteiger partial charge in [-0.25, -0.2) is 0 Å². The van der Waals surface area contributed by atoms with E-state index >= 15 is 0 Å². The van der Waals surface area contributed by atoms with E-state index in [0.29, 0.717) is 49.3 Å². The van der Waals surface area contributed by atoms with E-state index in [1.165, 1.54) is 0 Å². The molecule has 6 nitrogen and oxygen atoms in total. The molecule has 0 aromatic heterocycles. The quantitative estimate of drug-likeness (QED) is 0.448. The third-order valence-electron chi connectivity index (χ3n) is 3.92. The lowest BCUT2D eigenvalue weighted by molar-refractivity contribution is 0.0985. The Hall–Kier alpha value is -2.44. The average Bonchev–Trinajstić information content (AvgIpc) is 2.64. The van der Waals surface area contributed by atoms with Crippen LogP contribution in [0.3, 0.4) is 0 Å². The Labute approximate surface area is 155 Å². The molecule has 0 heterocycles. The van der Waals surface area contributed by atoms with Crippen LogP contribution in [0, 0.1) is 0 Å². The van der Waals surface area contributed by atoms with Crippen LogP contribution in [0.15, 0.2) is 48.5 Å². The number of nitrogen functional groups attached to an aromatic ring is 2. The van der Waals surface area contributed by atoms with Gasteiger partial charge in [0.15, 0.2) is 0 Å². The molecular weight excluding hydrogens is 330 g/mol. The van der Waals surface area contributed by atoms with Gasteiger partial charge in [0.1, 0.15) is 24.7 Å². The van der Waals surface area contributed by atoms with Crippen LogP contribution in [-0.4, -0.2) is 51.0 Å². The molecule has 0 bridgehead atoms. The van der Waals surface area contributed by atoms with E-state index in [2.05, 4.69) is 4.90 Å². The third-order valence-corrected chi connectivity index (χ3v) is 3.92. The van der Waals surface area contributed by atoms with Crippen LogP contribution in [0.1, 0.15) is 6.92 Å². The second-order valence-electron chi connectivity index (χ2n) is 5.81. The minimum absolute atomic E-state index is 0.549. The number of rotatable bonds is 12. The standard InChI is InChI=1S/C20H29N3O3/c1-2-24-14-11-23(12-15-25-19-9-5-3-7-17(19)21)13-16-26-20-10-6-4-8-18(20)22/h3-10H,2,11-16,21-22H2,1H3. The van der Waals surface area contributed by atoms with Crippen molar-refractivity contribution in [1.29, 1.82) is 0 Å². The predicted octanol–water partition coefficient (Wildman–Crippen LogP) is 2.65. The van der Waals surface area contributed by atoms with Gasteiger partial charge in [0.25, 0.3) is 0 Å². The summed E-state index contributed by atoms with van der Waals surface area (Å²) in [6, 6.07) is 15.0. The van der Waals surface area contributed by atoms with Crippen LogP contribution in [0.2, 0.25) is 0 Å². The van der Waals surface area contributed by atoms with E-state index < -0.39 is 0 Å². The fourth-order valence-electron chi connectivity index (χ4n) is 2.47. The number of para-hydroxylation sites is 4. The molecule has 0 aliphatic rings. The number of hydrogen-bond donors (Lipinski definition) is 2. The predicted molar refractivity (Wildman–Crippen MR) is 106 cm³/mol. The number of nitrogens with two attached hydrogens (primary N) is 2. The summed E-state index contributed by atoms with van der Waals surface area (Å²) in [6.07, 6.45) is 0. The van der Waals surface area contributed by atoms with Crippen molar-refractivity contribution in [3.8, 4) is 11.5 Å². The summed E-state index contributed by atoms with van der Waals surface area (Å²) in [6.45, 7) is 6.81. The molecule has 0 spiro atoms. The molecule has 0 atom stereocenters. The summed E-state index contributed by atoms with van der Waals surface area (Å²) in [5, 5.41) is 0. The molecule has 0 fully saturated rings. The van der Waals surface area contributed by atoms with E-state index in [-0.39, 0.29) is 0 Å². The molecule has 0 saturated heterocycles. The fraction of sp³-hybridized carbons (Fsp3) is 0.400. The van der Waals surface area contributed by atoms with Crippen LogP contribution in [0.5, 0.6) is 11.5 Å². The van der Waals surface area contributed by atoms with Gasteiger partial charge in [0.2, 0.25) is 0 Å². The maximum atomic E-state index is 5.90. The highest BCUT2D eigenvalue weighted by Crippen LogP contribution is 2.20. The van der Waals surface area contributed by atoms with Crippen molar-refractivity contribution < 1.29 is 14.2 Å². The van der Waals surface area contributed by atoms with Gasteiger partial charge in [-0.15, -0.1) is 0 Å². The topological polar surface area (TPSA) is 83.0 Å². The second-order valence-corrected chi connectivity index (χ2v) is 5.81. The van der Waals surface area contributed by atoms with Crippen LogP contribution >= 0.6 is 0 Å².